The Bertz CT molecular complexity index is 688. The minimum absolute atomic E-state index is 0.129. The molecule has 0 amide bonds. The highest BCUT2D eigenvalue weighted by Crippen LogP contribution is 2.28. The number of thioether (sulfide) groups is 1. The third-order valence-corrected chi connectivity index (χ3v) is 5.13. The molecule has 0 atom stereocenters. The molecule has 1 N–H and O–H groups in total. The number of hydrogen-bond acceptors (Lipinski definition) is 3. The van der Waals surface area contributed by atoms with Gasteiger partial charge in [0.1, 0.15) is 10.3 Å². The normalized spacial score (nSPS) is 11.1. The van der Waals surface area contributed by atoms with Crippen LogP contribution in [0.15, 0.2) is 38.4 Å². The Morgan fingerprint density at radius 3 is 2.76 bits per heavy atom. The van der Waals surface area contributed by atoms with E-state index in [-0.39, 0.29) is 5.56 Å². The predicted molar refractivity (Wildman–Crippen MR) is 92.1 cm³/mol. The Morgan fingerprint density at radius 2 is 2.10 bits per heavy atom. The average Bonchev–Trinajstić information content (AvgIpc) is 2.42. The molecule has 3 nitrogen and oxygen atoms in total. The fourth-order valence-corrected chi connectivity index (χ4v) is 3.31. The van der Waals surface area contributed by atoms with Crippen LogP contribution in [0.5, 0.6) is 0 Å². The van der Waals surface area contributed by atoms with Crippen LogP contribution in [-0.4, -0.2) is 9.97 Å². The molecule has 0 aliphatic rings. The summed E-state index contributed by atoms with van der Waals surface area (Å²) in [4.78, 5) is 20.3. The van der Waals surface area contributed by atoms with Gasteiger partial charge in [0.15, 0.2) is 0 Å². The van der Waals surface area contributed by atoms with E-state index >= 15 is 0 Å². The Hall–Kier alpha value is -0.780. The number of nitrogens with one attached hydrogen (secondary N) is 1. The van der Waals surface area contributed by atoms with Crippen molar-refractivity contribution in [2.45, 2.75) is 30.9 Å². The summed E-state index contributed by atoms with van der Waals surface area (Å²) in [6.45, 7) is 4.21. The summed E-state index contributed by atoms with van der Waals surface area (Å²) in [5.41, 5.74) is 0.680. The molecule has 0 bridgehead atoms. The molecular formula is C15H16BrClN2OS. The standard InChI is InChI=1S/C15H16BrClN2OS/c1-9(2)7-11-14(16)15(20)19-13(18-11)8-21-12-6-4-3-5-10(12)17/h3-6,9H,7-8H2,1-2H3,(H,18,19,20). The molecule has 6 heteroatoms. The van der Waals surface area contributed by atoms with Gasteiger partial charge in [-0.15, -0.1) is 11.8 Å². The molecular weight excluding hydrogens is 372 g/mol. The third-order valence-electron chi connectivity index (χ3n) is 2.78. The van der Waals surface area contributed by atoms with Crippen molar-refractivity contribution < 1.29 is 0 Å². The van der Waals surface area contributed by atoms with Gasteiger partial charge in [0.05, 0.1) is 16.5 Å². The molecule has 0 saturated heterocycles. The first-order valence-electron chi connectivity index (χ1n) is 6.62. The van der Waals surface area contributed by atoms with E-state index in [1.165, 1.54) is 0 Å². The second kappa shape index (κ2) is 7.47. The Balaban J connectivity index is 2.19. The van der Waals surface area contributed by atoms with Gasteiger partial charge in [0.25, 0.3) is 5.56 Å². The highest BCUT2D eigenvalue weighted by atomic mass is 79.9. The topological polar surface area (TPSA) is 45.8 Å². The molecule has 0 radical (unpaired) electrons. The van der Waals surface area contributed by atoms with Crippen molar-refractivity contribution in [2.24, 2.45) is 5.92 Å². The predicted octanol–water partition coefficient (Wildman–Crippen LogP) is 4.68. The highest BCUT2D eigenvalue weighted by Gasteiger charge is 2.11. The summed E-state index contributed by atoms with van der Waals surface area (Å²) in [5, 5.41) is 0.712. The smallest absolute Gasteiger partial charge is 0.265 e. The maximum absolute atomic E-state index is 11.9. The van der Waals surface area contributed by atoms with Gasteiger partial charge in [0.2, 0.25) is 0 Å². The number of halogens is 2. The van der Waals surface area contributed by atoms with Crippen molar-refractivity contribution >= 4 is 39.3 Å². The number of aromatic amines is 1. The van der Waals surface area contributed by atoms with E-state index < -0.39 is 0 Å². The van der Waals surface area contributed by atoms with Gasteiger partial charge in [-0.25, -0.2) is 4.98 Å². The zero-order valence-electron chi connectivity index (χ0n) is 11.8. The quantitative estimate of drug-likeness (QED) is 0.758. The molecule has 0 fully saturated rings. The largest absolute Gasteiger partial charge is 0.309 e. The minimum atomic E-state index is -0.129. The van der Waals surface area contributed by atoms with Crippen LogP contribution >= 0.6 is 39.3 Å². The first-order chi connectivity index (χ1) is 9.97. The van der Waals surface area contributed by atoms with Crippen LogP contribution < -0.4 is 5.56 Å². The van der Waals surface area contributed by atoms with E-state index in [4.69, 9.17) is 11.6 Å². The molecule has 0 saturated carbocycles. The second-order valence-electron chi connectivity index (χ2n) is 5.09. The first-order valence-corrected chi connectivity index (χ1v) is 8.78. The molecule has 2 aromatic rings. The summed E-state index contributed by atoms with van der Waals surface area (Å²) < 4.78 is 0.530. The lowest BCUT2D eigenvalue weighted by Gasteiger charge is -2.09. The van der Waals surface area contributed by atoms with Crippen molar-refractivity contribution in [3.63, 3.8) is 0 Å². The molecule has 112 valence electrons. The molecule has 1 aromatic carbocycles. The molecule has 0 spiro atoms. The molecule has 21 heavy (non-hydrogen) atoms. The van der Waals surface area contributed by atoms with Crippen LogP contribution in [0, 0.1) is 5.92 Å². The van der Waals surface area contributed by atoms with Crippen LogP contribution in [-0.2, 0) is 12.2 Å². The number of hydrogen-bond donors (Lipinski definition) is 1. The number of nitrogens with zero attached hydrogens (tertiary/aromatic N) is 1. The SMILES string of the molecule is CC(C)Cc1nc(CSc2ccccc2Cl)[nH]c(=O)c1Br. The summed E-state index contributed by atoms with van der Waals surface area (Å²) in [6, 6.07) is 7.65. The number of H-pyrrole nitrogens is 1. The minimum Gasteiger partial charge on any atom is -0.309 e. The van der Waals surface area contributed by atoms with Crippen LogP contribution in [0.3, 0.4) is 0 Å². The van der Waals surface area contributed by atoms with Gasteiger partial charge < -0.3 is 4.98 Å². The molecule has 2 rings (SSSR count). The van der Waals surface area contributed by atoms with Gasteiger partial charge in [0, 0.05) is 4.90 Å². The van der Waals surface area contributed by atoms with Gasteiger partial charge in [-0.3, -0.25) is 4.79 Å². The lowest BCUT2D eigenvalue weighted by Crippen LogP contribution is -2.16. The lowest BCUT2D eigenvalue weighted by molar-refractivity contribution is 0.628. The molecule has 0 aliphatic heterocycles. The fraction of sp³-hybridized carbons (Fsp3) is 0.333. The maximum Gasteiger partial charge on any atom is 0.265 e. The summed E-state index contributed by atoms with van der Waals surface area (Å²) in [6.07, 6.45) is 0.772. The van der Waals surface area contributed by atoms with E-state index in [1.807, 2.05) is 24.3 Å². The van der Waals surface area contributed by atoms with Gasteiger partial charge in [-0.1, -0.05) is 37.6 Å². The Kier molecular flexibility index (Phi) is 5.90. The fourth-order valence-electron chi connectivity index (χ4n) is 1.86. The summed E-state index contributed by atoms with van der Waals surface area (Å²) in [5.74, 6) is 1.69. The Morgan fingerprint density at radius 1 is 1.38 bits per heavy atom. The lowest BCUT2D eigenvalue weighted by atomic mass is 10.1. The summed E-state index contributed by atoms with van der Waals surface area (Å²) >= 11 is 11.0. The van der Waals surface area contributed by atoms with Gasteiger partial charge in [-0.2, -0.15) is 0 Å². The average molecular weight is 388 g/mol. The van der Waals surface area contributed by atoms with Crippen molar-refractivity contribution in [1.29, 1.82) is 0 Å². The number of aromatic nitrogens is 2. The second-order valence-corrected chi connectivity index (χ2v) is 7.31. The Labute approximate surface area is 141 Å². The summed E-state index contributed by atoms with van der Waals surface area (Å²) in [7, 11) is 0. The van der Waals surface area contributed by atoms with Crippen molar-refractivity contribution in [3.05, 3.63) is 55.6 Å². The van der Waals surface area contributed by atoms with Crippen molar-refractivity contribution in [3.8, 4) is 0 Å². The van der Waals surface area contributed by atoms with Crippen molar-refractivity contribution in [2.75, 3.05) is 0 Å². The monoisotopic (exact) mass is 386 g/mol. The molecule has 1 aromatic heterocycles. The van der Waals surface area contributed by atoms with E-state index in [2.05, 4.69) is 39.7 Å². The maximum atomic E-state index is 11.9. The number of rotatable bonds is 5. The highest BCUT2D eigenvalue weighted by molar-refractivity contribution is 9.10. The van der Waals surface area contributed by atoms with E-state index in [0.29, 0.717) is 27.0 Å². The zero-order chi connectivity index (χ0) is 15.4. The third kappa shape index (κ3) is 4.59. The molecule has 0 aliphatic carbocycles. The van der Waals surface area contributed by atoms with E-state index in [9.17, 15) is 4.79 Å². The van der Waals surface area contributed by atoms with Crippen LogP contribution in [0.2, 0.25) is 5.02 Å². The zero-order valence-corrected chi connectivity index (χ0v) is 15.0. The van der Waals surface area contributed by atoms with Gasteiger partial charge in [-0.05, 0) is 40.4 Å². The van der Waals surface area contributed by atoms with Gasteiger partial charge >= 0.3 is 0 Å². The van der Waals surface area contributed by atoms with Crippen LogP contribution in [0.4, 0.5) is 0 Å². The van der Waals surface area contributed by atoms with Crippen molar-refractivity contribution in [1.82, 2.24) is 9.97 Å². The molecule has 0 unspecified atom stereocenters. The first kappa shape index (κ1) is 16.6. The number of benzene rings is 1. The van der Waals surface area contributed by atoms with Crippen LogP contribution in [0.1, 0.15) is 25.4 Å². The van der Waals surface area contributed by atoms with E-state index in [0.717, 1.165) is 17.0 Å². The van der Waals surface area contributed by atoms with Crippen LogP contribution in [0.25, 0.3) is 0 Å². The molecule has 1 heterocycles. The van der Waals surface area contributed by atoms with E-state index in [1.54, 1.807) is 11.8 Å².